The quantitative estimate of drug-likeness (QED) is 0.821. The third-order valence-electron chi connectivity index (χ3n) is 4.11. The molecule has 0 spiro atoms. The third-order valence-corrected chi connectivity index (χ3v) is 7.48. The van der Waals surface area contributed by atoms with Crippen LogP contribution in [0.2, 0.25) is 0 Å². The van der Waals surface area contributed by atoms with E-state index in [1.165, 1.54) is 16.9 Å². The first-order valence-electron chi connectivity index (χ1n) is 8.06. The Morgan fingerprint density at radius 3 is 2.38 bits per heavy atom. The molecule has 1 aromatic carbocycles. The molecule has 1 aliphatic heterocycles. The molecule has 0 aliphatic carbocycles. The van der Waals surface area contributed by atoms with Crippen molar-refractivity contribution >= 4 is 27.4 Å². The molecule has 0 N–H and O–H groups in total. The van der Waals surface area contributed by atoms with E-state index in [0.717, 1.165) is 24.5 Å². The zero-order chi connectivity index (χ0) is 17.0. The highest BCUT2D eigenvalue weighted by molar-refractivity contribution is 7.91. The molecular weight excluding hydrogens is 340 g/mol. The van der Waals surface area contributed by atoms with Crippen LogP contribution in [-0.2, 0) is 10.0 Å². The highest BCUT2D eigenvalue weighted by atomic mass is 32.2. The molecule has 0 bridgehead atoms. The number of nitrogens with zero attached hydrogens (tertiary/aromatic N) is 2. The van der Waals surface area contributed by atoms with Gasteiger partial charge in [-0.2, -0.15) is 4.31 Å². The minimum absolute atomic E-state index is 0.456. The summed E-state index contributed by atoms with van der Waals surface area (Å²) in [7, 11) is -3.32. The molecule has 128 valence electrons. The first kappa shape index (κ1) is 17.4. The number of sulfonamides is 1. The van der Waals surface area contributed by atoms with Crippen LogP contribution in [0.15, 0.2) is 52.7 Å². The van der Waals surface area contributed by atoms with Crippen LogP contribution >= 0.6 is 11.3 Å². The van der Waals surface area contributed by atoms with E-state index in [2.05, 4.69) is 29.2 Å². The maximum absolute atomic E-state index is 12.6. The van der Waals surface area contributed by atoms with Gasteiger partial charge >= 0.3 is 0 Å². The Bertz CT molecular complexity index is 789. The predicted molar refractivity (Wildman–Crippen MR) is 99.7 cm³/mol. The lowest BCUT2D eigenvalue weighted by atomic mass is 10.2. The van der Waals surface area contributed by atoms with Crippen LogP contribution in [0.1, 0.15) is 10.4 Å². The molecule has 1 aliphatic rings. The van der Waals surface area contributed by atoms with Gasteiger partial charge in [-0.1, -0.05) is 42.5 Å². The van der Waals surface area contributed by atoms with Crippen molar-refractivity contribution in [1.29, 1.82) is 0 Å². The molecule has 6 heteroatoms. The summed E-state index contributed by atoms with van der Waals surface area (Å²) in [6.07, 6.45) is 4.25. The summed E-state index contributed by atoms with van der Waals surface area (Å²) >= 11 is 1.35. The number of benzene rings is 1. The van der Waals surface area contributed by atoms with Gasteiger partial charge in [0.2, 0.25) is 0 Å². The van der Waals surface area contributed by atoms with Crippen LogP contribution in [0, 0.1) is 6.92 Å². The van der Waals surface area contributed by atoms with Crippen molar-refractivity contribution in [2.75, 3.05) is 32.7 Å². The fourth-order valence-electron chi connectivity index (χ4n) is 2.73. The average Bonchev–Trinajstić information content (AvgIpc) is 3.04. The van der Waals surface area contributed by atoms with Gasteiger partial charge in [-0.05, 0) is 24.6 Å². The summed E-state index contributed by atoms with van der Waals surface area (Å²) in [6.45, 7) is 5.42. The van der Waals surface area contributed by atoms with Crippen LogP contribution in [-0.4, -0.2) is 50.3 Å². The molecule has 0 unspecified atom stereocenters. The Kier molecular flexibility index (Phi) is 5.50. The molecule has 1 saturated heterocycles. The Balaban J connectivity index is 1.53. The lowest BCUT2D eigenvalue weighted by molar-refractivity contribution is 0.205. The van der Waals surface area contributed by atoms with E-state index in [9.17, 15) is 8.42 Å². The highest BCUT2D eigenvalue weighted by Gasteiger charge is 2.29. The van der Waals surface area contributed by atoms with Gasteiger partial charge in [0.15, 0.2) is 0 Å². The maximum Gasteiger partial charge on any atom is 0.252 e. The van der Waals surface area contributed by atoms with Crippen molar-refractivity contribution in [2.24, 2.45) is 0 Å². The second-order valence-corrected chi connectivity index (χ2v) is 9.34. The molecule has 0 amide bonds. The molecule has 24 heavy (non-hydrogen) atoms. The molecular formula is C18H22N2O2S2. The number of aryl methyl sites for hydroxylation is 1. The van der Waals surface area contributed by atoms with Crippen LogP contribution < -0.4 is 0 Å². The average molecular weight is 363 g/mol. The molecule has 2 heterocycles. The second kappa shape index (κ2) is 7.61. The minimum Gasteiger partial charge on any atom is -0.297 e. The van der Waals surface area contributed by atoms with Gasteiger partial charge in [0.05, 0.1) is 0 Å². The first-order valence-corrected chi connectivity index (χ1v) is 10.3. The fraction of sp³-hybridized carbons (Fsp3) is 0.333. The van der Waals surface area contributed by atoms with Crippen LogP contribution in [0.25, 0.3) is 6.08 Å². The monoisotopic (exact) mass is 362 g/mol. The van der Waals surface area contributed by atoms with Gasteiger partial charge in [0, 0.05) is 37.6 Å². The lowest BCUT2D eigenvalue weighted by Gasteiger charge is -2.33. The van der Waals surface area contributed by atoms with E-state index >= 15 is 0 Å². The van der Waals surface area contributed by atoms with Gasteiger partial charge in [-0.15, -0.1) is 11.3 Å². The van der Waals surface area contributed by atoms with Gasteiger partial charge in [-0.25, -0.2) is 8.42 Å². The number of thiophene rings is 1. The fourth-order valence-corrected chi connectivity index (χ4v) is 5.59. The Morgan fingerprint density at radius 1 is 1.04 bits per heavy atom. The van der Waals surface area contributed by atoms with E-state index in [-0.39, 0.29) is 0 Å². The van der Waals surface area contributed by atoms with E-state index < -0.39 is 10.0 Å². The summed E-state index contributed by atoms with van der Waals surface area (Å²) in [6, 6.07) is 13.8. The Labute approximate surface area is 148 Å². The highest BCUT2D eigenvalue weighted by Crippen LogP contribution is 2.25. The van der Waals surface area contributed by atoms with Crippen molar-refractivity contribution < 1.29 is 8.42 Å². The van der Waals surface area contributed by atoms with Gasteiger partial charge in [0.25, 0.3) is 10.0 Å². The van der Waals surface area contributed by atoms with Gasteiger partial charge in [-0.3, -0.25) is 4.90 Å². The van der Waals surface area contributed by atoms with Crippen molar-refractivity contribution in [3.63, 3.8) is 0 Å². The SMILES string of the molecule is Cc1ccc(S(=O)(=O)N2CCN(C/C=C/c3ccccc3)CC2)s1. The Hall–Kier alpha value is -1.47. The number of rotatable bonds is 5. The number of piperazine rings is 1. The molecule has 2 aromatic rings. The molecule has 3 rings (SSSR count). The summed E-state index contributed by atoms with van der Waals surface area (Å²) < 4.78 is 27.3. The van der Waals surface area contributed by atoms with Crippen molar-refractivity contribution in [3.8, 4) is 0 Å². The van der Waals surface area contributed by atoms with Crippen LogP contribution in [0.4, 0.5) is 0 Å². The lowest BCUT2D eigenvalue weighted by Crippen LogP contribution is -2.48. The predicted octanol–water partition coefficient (Wildman–Crippen LogP) is 3.08. The molecule has 4 nitrogen and oxygen atoms in total. The second-order valence-electron chi connectivity index (χ2n) is 5.88. The van der Waals surface area contributed by atoms with E-state index in [1.807, 2.05) is 31.2 Å². The van der Waals surface area contributed by atoms with Crippen molar-refractivity contribution in [2.45, 2.75) is 11.1 Å². The summed E-state index contributed by atoms with van der Waals surface area (Å²) in [4.78, 5) is 3.31. The summed E-state index contributed by atoms with van der Waals surface area (Å²) in [5.74, 6) is 0. The Morgan fingerprint density at radius 2 is 1.75 bits per heavy atom. The molecule has 0 radical (unpaired) electrons. The minimum atomic E-state index is -3.32. The van der Waals surface area contributed by atoms with Gasteiger partial charge < -0.3 is 0 Å². The van der Waals surface area contributed by atoms with Crippen LogP contribution in [0.5, 0.6) is 0 Å². The van der Waals surface area contributed by atoms with Crippen molar-refractivity contribution in [3.05, 3.63) is 59.0 Å². The normalized spacial score (nSPS) is 17.5. The summed E-state index contributed by atoms with van der Waals surface area (Å²) in [5, 5.41) is 0. The molecule has 1 fully saturated rings. The molecule has 1 aromatic heterocycles. The topological polar surface area (TPSA) is 40.6 Å². The summed E-state index contributed by atoms with van der Waals surface area (Å²) in [5.41, 5.74) is 1.19. The third kappa shape index (κ3) is 4.13. The standard InChI is InChI=1S/C18H22N2O2S2/c1-16-9-10-18(23-16)24(21,22)20-14-12-19(13-15-20)11-5-8-17-6-3-2-4-7-17/h2-10H,11-15H2,1H3/b8-5+. The number of hydrogen-bond donors (Lipinski definition) is 0. The largest absolute Gasteiger partial charge is 0.297 e. The van der Waals surface area contributed by atoms with Crippen molar-refractivity contribution in [1.82, 2.24) is 9.21 Å². The molecule has 0 atom stereocenters. The van der Waals surface area contributed by atoms with E-state index in [1.54, 1.807) is 10.4 Å². The smallest absolute Gasteiger partial charge is 0.252 e. The molecule has 0 saturated carbocycles. The zero-order valence-corrected chi connectivity index (χ0v) is 15.4. The van der Waals surface area contributed by atoms with Crippen LogP contribution in [0.3, 0.4) is 0 Å². The maximum atomic E-state index is 12.6. The van der Waals surface area contributed by atoms with E-state index in [4.69, 9.17) is 0 Å². The zero-order valence-electron chi connectivity index (χ0n) is 13.8. The first-order chi connectivity index (χ1) is 11.6. The van der Waals surface area contributed by atoms with E-state index in [0.29, 0.717) is 17.3 Å². The number of hydrogen-bond acceptors (Lipinski definition) is 4. The van der Waals surface area contributed by atoms with Gasteiger partial charge in [0.1, 0.15) is 4.21 Å².